The molecule has 0 atom stereocenters. The van der Waals surface area contributed by atoms with Crippen LogP contribution in [0.2, 0.25) is 0 Å². The number of ether oxygens (including phenoxy) is 3. The lowest BCUT2D eigenvalue weighted by atomic mass is 10.1. The van der Waals surface area contributed by atoms with Crippen LogP contribution in [0, 0.1) is 0 Å². The fourth-order valence-corrected chi connectivity index (χ4v) is 2.93. The molecule has 0 aliphatic carbocycles. The van der Waals surface area contributed by atoms with E-state index in [9.17, 15) is 9.59 Å². The highest BCUT2D eigenvalue weighted by atomic mass is 16.6. The second-order valence-corrected chi connectivity index (χ2v) is 8.38. The van der Waals surface area contributed by atoms with Gasteiger partial charge in [0.2, 0.25) is 0 Å². The number of rotatable bonds is 14. The van der Waals surface area contributed by atoms with Crippen molar-refractivity contribution in [1.82, 2.24) is 0 Å². The van der Waals surface area contributed by atoms with Gasteiger partial charge in [-0.25, -0.2) is 4.79 Å². The van der Waals surface area contributed by atoms with E-state index >= 15 is 0 Å². The molecule has 0 N–H and O–H groups in total. The largest absolute Gasteiger partial charge is 0.494 e. The fourth-order valence-electron chi connectivity index (χ4n) is 2.93. The first-order valence-corrected chi connectivity index (χ1v) is 10.8. The van der Waals surface area contributed by atoms with Crippen LogP contribution < -0.4 is 4.74 Å². The first-order valence-electron chi connectivity index (χ1n) is 10.8. The highest BCUT2D eigenvalue weighted by Gasteiger charge is 2.17. The third-order valence-corrected chi connectivity index (χ3v) is 4.51. The summed E-state index contributed by atoms with van der Waals surface area (Å²) in [6.45, 7) is 6.27. The molecule has 0 bridgehead atoms. The molecule has 0 amide bonds. The van der Waals surface area contributed by atoms with Gasteiger partial charge < -0.3 is 14.2 Å². The van der Waals surface area contributed by atoms with Gasteiger partial charge in [-0.3, -0.25) is 4.79 Å². The number of benzene rings is 1. The molecule has 29 heavy (non-hydrogen) atoms. The van der Waals surface area contributed by atoms with E-state index in [0.29, 0.717) is 18.6 Å². The molecule has 0 heterocycles. The van der Waals surface area contributed by atoms with Gasteiger partial charge in [-0.1, -0.05) is 44.9 Å². The van der Waals surface area contributed by atoms with E-state index in [2.05, 4.69) is 4.74 Å². The molecule has 5 heteroatoms. The molecule has 1 aromatic carbocycles. The Hall–Kier alpha value is -2.04. The summed E-state index contributed by atoms with van der Waals surface area (Å²) in [5.41, 5.74) is 0.0501. The molecule has 1 rings (SSSR count). The normalized spacial score (nSPS) is 11.2. The molecule has 5 nitrogen and oxygen atoms in total. The van der Waals surface area contributed by atoms with E-state index in [1.165, 1.54) is 45.6 Å². The molecular formula is C24H38O5. The maximum atomic E-state index is 12.0. The molecule has 164 valence electrons. The SMILES string of the molecule is COC(=O)CCCCCCCCCCCOc1ccc(C(=O)OC(C)(C)C)cc1. The monoisotopic (exact) mass is 406 g/mol. The number of carbonyl (C=O) groups excluding carboxylic acids is 2. The van der Waals surface area contributed by atoms with Crippen molar-refractivity contribution in [3.8, 4) is 5.75 Å². The Kier molecular flexibility index (Phi) is 12.1. The molecular weight excluding hydrogens is 368 g/mol. The first kappa shape index (κ1) is 25.0. The van der Waals surface area contributed by atoms with Gasteiger partial charge >= 0.3 is 11.9 Å². The van der Waals surface area contributed by atoms with Crippen LogP contribution in [-0.4, -0.2) is 31.3 Å². The summed E-state index contributed by atoms with van der Waals surface area (Å²) in [5, 5.41) is 0. The number of hydrogen-bond acceptors (Lipinski definition) is 5. The average molecular weight is 407 g/mol. The zero-order valence-electron chi connectivity index (χ0n) is 18.6. The van der Waals surface area contributed by atoms with Crippen LogP contribution in [-0.2, 0) is 14.3 Å². The number of esters is 2. The minimum absolute atomic E-state index is 0.105. The van der Waals surface area contributed by atoms with Crippen molar-refractivity contribution in [1.29, 1.82) is 0 Å². The summed E-state index contributed by atoms with van der Waals surface area (Å²) >= 11 is 0. The summed E-state index contributed by atoms with van der Waals surface area (Å²) in [4.78, 5) is 23.0. The molecule has 0 fully saturated rings. The van der Waals surface area contributed by atoms with Crippen molar-refractivity contribution in [2.75, 3.05) is 13.7 Å². The van der Waals surface area contributed by atoms with E-state index < -0.39 is 5.60 Å². The summed E-state index contributed by atoms with van der Waals surface area (Å²) in [6, 6.07) is 7.13. The lowest BCUT2D eigenvalue weighted by Crippen LogP contribution is -2.23. The Labute approximate surface area is 176 Å². The number of methoxy groups -OCH3 is 1. The van der Waals surface area contributed by atoms with Gasteiger partial charge in [-0.05, 0) is 57.9 Å². The molecule has 0 aliphatic rings. The quantitative estimate of drug-likeness (QED) is 0.276. The molecule has 0 radical (unpaired) electrons. The minimum Gasteiger partial charge on any atom is -0.494 e. The molecule has 0 unspecified atom stereocenters. The minimum atomic E-state index is -0.489. The third-order valence-electron chi connectivity index (χ3n) is 4.51. The lowest BCUT2D eigenvalue weighted by Gasteiger charge is -2.19. The van der Waals surface area contributed by atoms with E-state index in [-0.39, 0.29) is 11.9 Å². The van der Waals surface area contributed by atoms with Crippen molar-refractivity contribution >= 4 is 11.9 Å². The van der Waals surface area contributed by atoms with E-state index in [1.54, 1.807) is 12.1 Å². The highest BCUT2D eigenvalue weighted by Crippen LogP contribution is 2.17. The van der Waals surface area contributed by atoms with Gasteiger partial charge in [0.25, 0.3) is 0 Å². The Morgan fingerprint density at radius 2 is 1.31 bits per heavy atom. The van der Waals surface area contributed by atoms with E-state index in [0.717, 1.165) is 25.0 Å². The zero-order chi connectivity index (χ0) is 21.5. The van der Waals surface area contributed by atoms with Crippen LogP contribution in [0.15, 0.2) is 24.3 Å². The second kappa shape index (κ2) is 14.0. The Morgan fingerprint density at radius 1 is 0.793 bits per heavy atom. The van der Waals surface area contributed by atoms with Crippen LogP contribution in [0.25, 0.3) is 0 Å². The van der Waals surface area contributed by atoms with Crippen LogP contribution in [0.1, 0.15) is 95.3 Å². The molecule has 0 aromatic heterocycles. The summed E-state index contributed by atoms with van der Waals surface area (Å²) in [7, 11) is 1.44. The van der Waals surface area contributed by atoms with Gasteiger partial charge in [-0.2, -0.15) is 0 Å². The third kappa shape index (κ3) is 12.9. The van der Waals surface area contributed by atoms with Crippen LogP contribution in [0.3, 0.4) is 0 Å². The van der Waals surface area contributed by atoms with Gasteiger partial charge in [0.15, 0.2) is 0 Å². The molecule has 0 spiro atoms. The fraction of sp³-hybridized carbons (Fsp3) is 0.667. The Morgan fingerprint density at radius 3 is 1.83 bits per heavy atom. The predicted octanol–water partition coefficient (Wildman–Crippen LogP) is 6.09. The van der Waals surface area contributed by atoms with Gasteiger partial charge in [-0.15, -0.1) is 0 Å². The first-order chi connectivity index (χ1) is 13.8. The maximum absolute atomic E-state index is 12.0. The topological polar surface area (TPSA) is 61.8 Å². The average Bonchev–Trinajstić information content (AvgIpc) is 2.67. The van der Waals surface area contributed by atoms with E-state index in [1.807, 2.05) is 32.9 Å². The number of carbonyl (C=O) groups is 2. The summed E-state index contributed by atoms with van der Waals surface area (Å²) in [6.07, 6.45) is 10.9. The van der Waals surface area contributed by atoms with Gasteiger partial charge in [0.05, 0.1) is 19.3 Å². The van der Waals surface area contributed by atoms with Crippen molar-refractivity contribution in [2.24, 2.45) is 0 Å². The highest BCUT2D eigenvalue weighted by molar-refractivity contribution is 5.89. The molecule has 1 aromatic rings. The Bertz CT molecular complexity index is 586. The number of unbranched alkanes of at least 4 members (excludes halogenated alkanes) is 8. The van der Waals surface area contributed by atoms with Crippen molar-refractivity contribution < 1.29 is 23.8 Å². The Balaban J connectivity index is 2.01. The zero-order valence-corrected chi connectivity index (χ0v) is 18.6. The second-order valence-electron chi connectivity index (χ2n) is 8.38. The molecule has 0 saturated carbocycles. The predicted molar refractivity (Wildman–Crippen MR) is 115 cm³/mol. The maximum Gasteiger partial charge on any atom is 0.338 e. The standard InChI is InChI=1S/C24H38O5/c1-24(2,3)29-23(26)20-15-17-21(18-16-20)28-19-13-11-9-7-5-6-8-10-12-14-22(25)27-4/h15-18H,5-14,19H2,1-4H3. The van der Waals surface area contributed by atoms with Gasteiger partial charge in [0.1, 0.15) is 11.4 Å². The lowest BCUT2D eigenvalue weighted by molar-refractivity contribution is -0.140. The van der Waals surface area contributed by atoms with Crippen LogP contribution >= 0.6 is 0 Å². The van der Waals surface area contributed by atoms with Crippen LogP contribution in [0.5, 0.6) is 5.75 Å². The number of hydrogen-bond donors (Lipinski definition) is 0. The van der Waals surface area contributed by atoms with Crippen LogP contribution in [0.4, 0.5) is 0 Å². The summed E-state index contributed by atoms with van der Waals surface area (Å²) < 4.78 is 15.7. The smallest absolute Gasteiger partial charge is 0.338 e. The van der Waals surface area contributed by atoms with E-state index in [4.69, 9.17) is 9.47 Å². The molecule has 0 aliphatic heterocycles. The van der Waals surface area contributed by atoms with Crippen molar-refractivity contribution in [2.45, 2.75) is 90.6 Å². The van der Waals surface area contributed by atoms with Crippen molar-refractivity contribution in [3.05, 3.63) is 29.8 Å². The van der Waals surface area contributed by atoms with Crippen molar-refractivity contribution in [3.63, 3.8) is 0 Å². The summed E-state index contributed by atoms with van der Waals surface area (Å²) in [5.74, 6) is 0.364. The molecule has 0 saturated heterocycles. The van der Waals surface area contributed by atoms with Gasteiger partial charge in [0, 0.05) is 6.42 Å².